The fourth-order valence-corrected chi connectivity index (χ4v) is 2.41. The third-order valence-corrected chi connectivity index (χ3v) is 3.56. The van der Waals surface area contributed by atoms with Crippen molar-refractivity contribution in [3.05, 3.63) is 69.9 Å². The lowest BCUT2D eigenvalue weighted by Crippen LogP contribution is -2.01. The molecule has 0 aliphatic heterocycles. The van der Waals surface area contributed by atoms with Crippen molar-refractivity contribution >= 4 is 22.3 Å². The number of benzene rings is 2. The molecule has 2 N–H and O–H groups in total. The molecule has 1 aromatic heterocycles. The molecular weight excluding hydrogens is 266 g/mol. The van der Waals surface area contributed by atoms with Crippen molar-refractivity contribution in [2.24, 2.45) is 0 Å². The van der Waals surface area contributed by atoms with Gasteiger partial charge < -0.3 is 10.3 Å². The third kappa shape index (κ3) is 2.58. The summed E-state index contributed by atoms with van der Waals surface area (Å²) in [6.45, 7) is 2.35. The van der Waals surface area contributed by atoms with Crippen LogP contribution in [0.5, 0.6) is 0 Å². The Morgan fingerprint density at radius 2 is 2.10 bits per heavy atom. The topological polar surface area (TPSA) is 71.0 Å². The van der Waals surface area contributed by atoms with Gasteiger partial charge in [0.05, 0.1) is 10.4 Å². The summed E-state index contributed by atoms with van der Waals surface area (Å²) in [6, 6.07) is 13.3. The van der Waals surface area contributed by atoms with E-state index in [0.29, 0.717) is 12.1 Å². The van der Waals surface area contributed by atoms with E-state index in [1.807, 2.05) is 36.5 Å². The van der Waals surface area contributed by atoms with Crippen molar-refractivity contribution in [2.45, 2.75) is 13.5 Å². The Labute approximate surface area is 121 Å². The average molecular weight is 281 g/mol. The van der Waals surface area contributed by atoms with E-state index in [4.69, 9.17) is 0 Å². The molecule has 0 aliphatic rings. The third-order valence-electron chi connectivity index (χ3n) is 3.56. The van der Waals surface area contributed by atoms with E-state index in [0.717, 1.165) is 22.2 Å². The van der Waals surface area contributed by atoms with Gasteiger partial charge in [0.15, 0.2) is 0 Å². The number of aromatic nitrogens is 1. The van der Waals surface area contributed by atoms with Crippen molar-refractivity contribution in [1.82, 2.24) is 4.98 Å². The molecule has 0 bridgehead atoms. The number of aromatic amines is 1. The zero-order valence-corrected chi connectivity index (χ0v) is 11.6. The normalized spacial score (nSPS) is 10.7. The van der Waals surface area contributed by atoms with Gasteiger partial charge in [0.1, 0.15) is 0 Å². The maximum absolute atomic E-state index is 11.0. The van der Waals surface area contributed by atoms with Gasteiger partial charge in [-0.2, -0.15) is 0 Å². The van der Waals surface area contributed by atoms with Crippen LogP contribution in [0.25, 0.3) is 10.9 Å². The van der Waals surface area contributed by atoms with Gasteiger partial charge in [-0.1, -0.05) is 24.3 Å². The lowest BCUT2D eigenvalue weighted by atomic mass is 10.1. The number of rotatable bonds is 4. The fraction of sp³-hybridized carbons (Fsp3) is 0.125. The Balaban J connectivity index is 1.83. The summed E-state index contributed by atoms with van der Waals surface area (Å²) in [5, 5.41) is 15.4. The summed E-state index contributed by atoms with van der Waals surface area (Å²) in [7, 11) is 0. The summed E-state index contributed by atoms with van der Waals surface area (Å²) in [4.78, 5) is 13.8. The molecule has 0 saturated heterocycles. The Kier molecular flexibility index (Phi) is 3.31. The second-order valence-corrected chi connectivity index (χ2v) is 4.97. The van der Waals surface area contributed by atoms with Crippen molar-refractivity contribution in [3.8, 4) is 0 Å². The minimum atomic E-state index is -0.355. The van der Waals surface area contributed by atoms with Crippen LogP contribution in [0.3, 0.4) is 0 Å². The highest BCUT2D eigenvalue weighted by Crippen LogP contribution is 2.23. The van der Waals surface area contributed by atoms with Crippen molar-refractivity contribution < 1.29 is 4.92 Å². The Morgan fingerprint density at radius 1 is 1.24 bits per heavy atom. The number of nitro groups is 1. The second-order valence-electron chi connectivity index (χ2n) is 4.97. The smallest absolute Gasteiger partial charge is 0.274 e. The number of nitrogens with zero attached hydrogens (tertiary/aromatic N) is 1. The number of H-pyrrole nitrogens is 1. The van der Waals surface area contributed by atoms with Gasteiger partial charge in [0.25, 0.3) is 5.69 Å². The number of nitrogens with one attached hydrogen (secondary N) is 2. The number of para-hydroxylation sites is 1. The van der Waals surface area contributed by atoms with Gasteiger partial charge in [-0.25, -0.2) is 0 Å². The summed E-state index contributed by atoms with van der Waals surface area (Å²) >= 11 is 0. The molecule has 0 spiro atoms. The van der Waals surface area contributed by atoms with Gasteiger partial charge in [-0.3, -0.25) is 10.1 Å². The number of fused-ring (bicyclic) bond motifs is 1. The Bertz CT molecular complexity index is 808. The van der Waals surface area contributed by atoms with Gasteiger partial charge in [0, 0.05) is 30.1 Å². The Hall–Kier alpha value is -2.82. The molecule has 2 aromatic carbocycles. The quantitative estimate of drug-likeness (QED) is 0.561. The SMILES string of the molecule is Cc1ccc(NCc2cccc3cc[nH]c23)cc1[N+](=O)[O-]. The molecule has 0 saturated carbocycles. The molecule has 0 unspecified atom stereocenters. The van der Waals surface area contributed by atoms with E-state index in [9.17, 15) is 10.1 Å². The molecule has 5 heteroatoms. The van der Waals surface area contributed by atoms with Crippen LogP contribution in [0.4, 0.5) is 11.4 Å². The van der Waals surface area contributed by atoms with Gasteiger partial charge >= 0.3 is 0 Å². The zero-order chi connectivity index (χ0) is 14.8. The van der Waals surface area contributed by atoms with E-state index < -0.39 is 0 Å². The first kappa shape index (κ1) is 13.2. The first-order chi connectivity index (χ1) is 10.1. The molecular formula is C16H15N3O2. The maximum Gasteiger partial charge on any atom is 0.274 e. The lowest BCUT2D eigenvalue weighted by Gasteiger charge is -2.08. The highest BCUT2D eigenvalue weighted by molar-refractivity contribution is 5.82. The predicted molar refractivity (Wildman–Crippen MR) is 83.5 cm³/mol. The number of hydrogen-bond acceptors (Lipinski definition) is 3. The van der Waals surface area contributed by atoms with Crippen LogP contribution in [0.1, 0.15) is 11.1 Å². The molecule has 106 valence electrons. The maximum atomic E-state index is 11.0. The molecule has 0 aliphatic carbocycles. The largest absolute Gasteiger partial charge is 0.381 e. The van der Waals surface area contributed by atoms with Crippen LogP contribution >= 0.6 is 0 Å². The summed E-state index contributed by atoms with van der Waals surface area (Å²) in [5.41, 5.74) is 3.76. The zero-order valence-electron chi connectivity index (χ0n) is 11.6. The molecule has 21 heavy (non-hydrogen) atoms. The number of aryl methyl sites for hydroxylation is 1. The summed E-state index contributed by atoms with van der Waals surface area (Å²) in [5.74, 6) is 0. The molecule has 1 heterocycles. The molecule has 3 rings (SSSR count). The predicted octanol–water partition coefficient (Wildman–Crippen LogP) is 4.00. The highest BCUT2D eigenvalue weighted by atomic mass is 16.6. The monoisotopic (exact) mass is 281 g/mol. The molecule has 0 fully saturated rings. The van der Waals surface area contributed by atoms with Gasteiger partial charge in [-0.05, 0) is 30.0 Å². The van der Waals surface area contributed by atoms with Crippen LogP contribution in [-0.4, -0.2) is 9.91 Å². The summed E-state index contributed by atoms with van der Waals surface area (Å²) < 4.78 is 0. The van der Waals surface area contributed by atoms with E-state index >= 15 is 0 Å². The van der Waals surface area contributed by atoms with Crippen LogP contribution in [0.2, 0.25) is 0 Å². The second kappa shape index (κ2) is 5.28. The van der Waals surface area contributed by atoms with Gasteiger partial charge in [-0.15, -0.1) is 0 Å². The number of anilines is 1. The Morgan fingerprint density at radius 3 is 2.90 bits per heavy atom. The van der Waals surface area contributed by atoms with Crippen LogP contribution in [0, 0.1) is 17.0 Å². The first-order valence-corrected chi connectivity index (χ1v) is 6.69. The van der Waals surface area contributed by atoms with Crippen LogP contribution < -0.4 is 5.32 Å². The lowest BCUT2D eigenvalue weighted by molar-refractivity contribution is -0.385. The minimum absolute atomic E-state index is 0.137. The molecule has 0 amide bonds. The first-order valence-electron chi connectivity index (χ1n) is 6.69. The van der Waals surface area contributed by atoms with Gasteiger partial charge in [0.2, 0.25) is 0 Å². The minimum Gasteiger partial charge on any atom is -0.381 e. The van der Waals surface area contributed by atoms with Crippen LogP contribution in [0.15, 0.2) is 48.7 Å². The number of nitro benzene ring substituents is 1. The van der Waals surface area contributed by atoms with E-state index in [1.54, 1.807) is 19.1 Å². The molecule has 0 radical (unpaired) electrons. The van der Waals surface area contributed by atoms with E-state index in [2.05, 4.69) is 10.3 Å². The molecule has 0 atom stereocenters. The standard InChI is InChI=1S/C16H15N3O2/c1-11-5-6-14(9-15(11)19(20)21)18-10-13-4-2-3-12-7-8-17-16(12)13/h2-9,17-18H,10H2,1H3. The van der Waals surface area contributed by atoms with Crippen molar-refractivity contribution in [1.29, 1.82) is 0 Å². The average Bonchev–Trinajstić information content (AvgIpc) is 2.95. The molecule has 5 nitrogen and oxygen atoms in total. The van der Waals surface area contributed by atoms with Crippen LogP contribution in [-0.2, 0) is 6.54 Å². The number of hydrogen-bond donors (Lipinski definition) is 2. The van der Waals surface area contributed by atoms with Crippen molar-refractivity contribution in [2.75, 3.05) is 5.32 Å². The van der Waals surface area contributed by atoms with Crippen molar-refractivity contribution in [3.63, 3.8) is 0 Å². The highest BCUT2D eigenvalue weighted by Gasteiger charge is 2.11. The fourth-order valence-electron chi connectivity index (χ4n) is 2.41. The summed E-state index contributed by atoms with van der Waals surface area (Å²) in [6.07, 6.45) is 1.91. The van der Waals surface area contributed by atoms with E-state index in [-0.39, 0.29) is 10.6 Å². The van der Waals surface area contributed by atoms with E-state index in [1.165, 1.54) is 0 Å². The molecule has 3 aromatic rings.